The van der Waals surface area contributed by atoms with Crippen LogP contribution < -0.4 is 21.3 Å². The van der Waals surface area contributed by atoms with Crippen LogP contribution in [0.1, 0.15) is 24.0 Å². The van der Waals surface area contributed by atoms with E-state index in [1.165, 1.54) is 12.8 Å². The first-order valence-corrected chi connectivity index (χ1v) is 11.9. The zero-order valence-corrected chi connectivity index (χ0v) is 20.0. The van der Waals surface area contributed by atoms with Crippen LogP contribution in [0.15, 0.2) is 45.9 Å². The molecule has 2 aliphatic heterocycles. The van der Waals surface area contributed by atoms with Crippen molar-refractivity contribution < 1.29 is 4.42 Å². The molecule has 2 atom stereocenters. The van der Waals surface area contributed by atoms with Crippen LogP contribution in [-0.4, -0.2) is 57.1 Å². The Morgan fingerprint density at radius 3 is 2.57 bits per heavy atom. The second-order valence-corrected chi connectivity index (χ2v) is 9.52. The molecule has 5 heterocycles. The van der Waals surface area contributed by atoms with Crippen LogP contribution >= 0.6 is 0 Å². The predicted molar refractivity (Wildman–Crippen MR) is 136 cm³/mol. The van der Waals surface area contributed by atoms with Crippen LogP contribution in [0.5, 0.6) is 0 Å². The Bertz CT molecular complexity index is 1450. The standard InChI is InChI=1S/C25H28N8O2/c1-14-8-17(11-26-23(14)33-12-18-5-6-19(13-33)32(18)3)29-24-27-10-15(2)22(31-24)28-16-4-7-21-20(9-16)30-25(34)35-21/h4,7-11,18-19H,5-6,12-13H2,1-3H3,(H,30,34)(H2,27,28,29,31). The first-order chi connectivity index (χ1) is 16.9. The van der Waals surface area contributed by atoms with Crippen LogP contribution in [0.2, 0.25) is 0 Å². The number of oxazole rings is 1. The highest BCUT2D eigenvalue weighted by Crippen LogP contribution is 2.32. The SMILES string of the molecule is Cc1cnc(Nc2cnc(N3CC4CCC(C3)N4C)c(C)c2)nc1Nc1ccc2oc(=O)[nH]c2c1. The fourth-order valence-electron chi connectivity index (χ4n) is 5.18. The molecule has 2 fully saturated rings. The number of aromatic amines is 1. The highest BCUT2D eigenvalue weighted by Gasteiger charge is 2.38. The number of aryl methyl sites for hydroxylation is 2. The molecule has 2 bridgehead atoms. The van der Waals surface area contributed by atoms with Crippen LogP contribution in [0.3, 0.4) is 0 Å². The molecular weight excluding hydrogens is 444 g/mol. The largest absolute Gasteiger partial charge is 0.417 e. The lowest BCUT2D eigenvalue weighted by molar-refractivity contribution is 0.212. The van der Waals surface area contributed by atoms with Gasteiger partial charge in [-0.15, -0.1) is 0 Å². The lowest BCUT2D eigenvalue weighted by atomic mass is 10.1. The molecule has 2 aliphatic rings. The van der Waals surface area contributed by atoms with E-state index >= 15 is 0 Å². The topological polar surface area (TPSA) is 115 Å². The third-order valence-electron chi connectivity index (χ3n) is 7.11. The summed E-state index contributed by atoms with van der Waals surface area (Å²) in [5.74, 6) is 1.72. The second kappa shape index (κ2) is 8.38. The van der Waals surface area contributed by atoms with Crippen molar-refractivity contribution in [3.8, 4) is 0 Å². The van der Waals surface area contributed by atoms with Crippen molar-refractivity contribution in [2.45, 2.75) is 38.8 Å². The summed E-state index contributed by atoms with van der Waals surface area (Å²) in [7, 11) is 2.24. The van der Waals surface area contributed by atoms with Gasteiger partial charge in [-0.3, -0.25) is 9.88 Å². The molecule has 0 spiro atoms. The molecule has 35 heavy (non-hydrogen) atoms. The average molecular weight is 473 g/mol. The molecule has 0 aliphatic carbocycles. The number of fused-ring (bicyclic) bond motifs is 3. The molecule has 0 saturated carbocycles. The number of hydrogen-bond acceptors (Lipinski definition) is 9. The van der Waals surface area contributed by atoms with Gasteiger partial charge in [-0.05, 0) is 63.6 Å². The number of hydrogen-bond donors (Lipinski definition) is 3. The molecule has 3 aromatic heterocycles. The summed E-state index contributed by atoms with van der Waals surface area (Å²) in [6, 6.07) is 8.73. The summed E-state index contributed by atoms with van der Waals surface area (Å²) in [6.07, 6.45) is 6.16. The van der Waals surface area contributed by atoms with Crippen molar-refractivity contribution in [2.75, 3.05) is 35.7 Å². The first-order valence-electron chi connectivity index (χ1n) is 11.9. The molecule has 1 aromatic carbocycles. The summed E-state index contributed by atoms with van der Waals surface area (Å²) in [6.45, 7) is 6.10. The maximum atomic E-state index is 11.4. The van der Waals surface area contributed by atoms with Crippen molar-refractivity contribution in [2.24, 2.45) is 0 Å². The van der Waals surface area contributed by atoms with Crippen molar-refractivity contribution in [3.05, 3.63) is 58.3 Å². The average Bonchev–Trinajstić information content (AvgIpc) is 3.27. The third kappa shape index (κ3) is 4.10. The van der Waals surface area contributed by atoms with Gasteiger partial charge in [0, 0.05) is 42.6 Å². The third-order valence-corrected chi connectivity index (χ3v) is 7.11. The van der Waals surface area contributed by atoms with Gasteiger partial charge in [-0.1, -0.05) is 0 Å². The van der Waals surface area contributed by atoms with Crippen LogP contribution in [0.4, 0.5) is 29.0 Å². The normalized spacial score (nSPS) is 19.9. The van der Waals surface area contributed by atoms with E-state index in [2.05, 4.69) is 55.4 Å². The minimum atomic E-state index is -0.475. The molecule has 10 heteroatoms. The monoisotopic (exact) mass is 472 g/mol. The van der Waals surface area contributed by atoms with Gasteiger partial charge in [0.1, 0.15) is 11.6 Å². The van der Waals surface area contributed by atoms with E-state index < -0.39 is 5.76 Å². The Hall–Kier alpha value is -3.92. The number of anilines is 5. The minimum absolute atomic E-state index is 0.475. The fourth-order valence-corrected chi connectivity index (χ4v) is 5.18. The number of benzene rings is 1. The summed E-state index contributed by atoms with van der Waals surface area (Å²) >= 11 is 0. The van der Waals surface area contributed by atoms with Gasteiger partial charge in [0.05, 0.1) is 17.4 Å². The fraction of sp³-hybridized carbons (Fsp3) is 0.360. The summed E-state index contributed by atoms with van der Waals surface area (Å²) in [4.78, 5) is 32.9. The van der Waals surface area contributed by atoms with Gasteiger partial charge in [0.2, 0.25) is 5.95 Å². The first kappa shape index (κ1) is 21.6. The van der Waals surface area contributed by atoms with Crippen molar-refractivity contribution in [1.29, 1.82) is 0 Å². The van der Waals surface area contributed by atoms with E-state index in [9.17, 15) is 4.79 Å². The van der Waals surface area contributed by atoms with Crippen LogP contribution in [0.25, 0.3) is 11.1 Å². The molecular formula is C25H28N8O2. The smallest absolute Gasteiger partial charge is 0.408 e. The number of nitrogens with one attached hydrogen (secondary N) is 3. The number of pyridine rings is 1. The Morgan fingerprint density at radius 2 is 1.80 bits per heavy atom. The van der Waals surface area contributed by atoms with Crippen LogP contribution in [0, 0.1) is 13.8 Å². The summed E-state index contributed by atoms with van der Waals surface area (Å²) in [5, 5.41) is 6.58. The van der Waals surface area contributed by atoms with Gasteiger partial charge < -0.3 is 20.0 Å². The number of piperazine rings is 1. The Labute approximate surface area is 202 Å². The molecule has 6 rings (SSSR count). The highest BCUT2D eigenvalue weighted by molar-refractivity contribution is 5.78. The Balaban J connectivity index is 1.19. The number of nitrogens with zero attached hydrogens (tertiary/aromatic N) is 5. The van der Waals surface area contributed by atoms with E-state index in [-0.39, 0.29) is 0 Å². The Morgan fingerprint density at radius 1 is 1.00 bits per heavy atom. The predicted octanol–water partition coefficient (Wildman–Crippen LogP) is 3.69. The maximum Gasteiger partial charge on any atom is 0.417 e. The molecule has 2 unspecified atom stereocenters. The maximum absolute atomic E-state index is 11.4. The number of likely N-dealkylation sites (N-methyl/N-ethyl adjacent to an activating group) is 1. The molecule has 10 nitrogen and oxygen atoms in total. The van der Waals surface area contributed by atoms with Crippen molar-refractivity contribution in [1.82, 2.24) is 24.8 Å². The minimum Gasteiger partial charge on any atom is -0.408 e. The highest BCUT2D eigenvalue weighted by atomic mass is 16.4. The van der Waals surface area contributed by atoms with E-state index in [1.807, 2.05) is 25.3 Å². The molecule has 3 N–H and O–H groups in total. The van der Waals surface area contributed by atoms with Gasteiger partial charge in [-0.2, -0.15) is 4.98 Å². The zero-order chi connectivity index (χ0) is 24.1. The van der Waals surface area contributed by atoms with E-state index in [1.54, 1.807) is 12.3 Å². The quantitative estimate of drug-likeness (QED) is 0.400. The van der Waals surface area contributed by atoms with Gasteiger partial charge in [0.15, 0.2) is 5.58 Å². The summed E-state index contributed by atoms with van der Waals surface area (Å²) < 4.78 is 5.07. The van der Waals surface area contributed by atoms with E-state index in [0.29, 0.717) is 34.9 Å². The molecule has 2 saturated heterocycles. The zero-order valence-electron chi connectivity index (χ0n) is 20.0. The Kier molecular flexibility index (Phi) is 5.18. The van der Waals surface area contributed by atoms with Gasteiger partial charge in [0.25, 0.3) is 0 Å². The van der Waals surface area contributed by atoms with E-state index in [0.717, 1.165) is 41.4 Å². The molecule has 180 valence electrons. The second-order valence-electron chi connectivity index (χ2n) is 9.52. The lowest BCUT2D eigenvalue weighted by Gasteiger charge is -2.40. The summed E-state index contributed by atoms with van der Waals surface area (Å²) in [5.41, 5.74) is 4.79. The van der Waals surface area contributed by atoms with E-state index in [4.69, 9.17) is 9.40 Å². The van der Waals surface area contributed by atoms with Crippen molar-refractivity contribution in [3.63, 3.8) is 0 Å². The number of rotatable bonds is 5. The van der Waals surface area contributed by atoms with Crippen molar-refractivity contribution >= 4 is 40.1 Å². The van der Waals surface area contributed by atoms with Crippen LogP contribution in [-0.2, 0) is 0 Å². The number of aromatic nitrogens is 4. The number of H-pyrrole nitrogens is 1. The lowest BCUT2D eigenvalue weighted by Crippen LogP contribution is -2.52. The molecule has 0 radical (unpaired) electrons. The molecule has 4 aromatic rings. The van der Waals surface area contributed by atoms with Gasteiger partial charge in [-0.25, -0.2) is 14.8 Å². The molecule has 0 amide bonds. The van der Waals surface area contributed by atoms with Gasteiger partial charge >= 0.3 is 5.76 Å².